The zero-order chi connectivity index (χ0) is 27.7. The summed E-state index contributed by atoms with van der Waals surface area (Å²) in [7, 11) is 1.96. The van der Waals surface area contributed by atoms with Crippen molar-refractivity contribution in [2.45, 2.75) is 40.5 Å². The SMILES string of the molecule is Cc1[c-]c(-c2nccc3cc(C(C)C)c(C)cc23)cc(C)c1.Cn1c(-c2ccccc2O)nc2ccccc21.[Ir]. The number of pyridine rings is 1. The van der Waals surface area contributed by atoms with Gasteiger partial charge in [0.05, 0.1) is 16.6 Å². The smallest absolute Gasteiger partial charge is 0.144 e. The number of para-hydroxylation sites is 3. The summed E-state index contributed by atoms with van der Waals surface area (Å²) in [5.41, 5.74) is 10.0. The van der Waals surface area contributed by atoms with Gasteiger partial charge in [-0.25, -0.2) is 4.98 Å². The van der Waals surface area contributed by atoms with Crippen LogP contribution in [0.1, 0.15) is 42.0 Å². The summed E-state index contributed by atoms with van der Waals surface area (Å²) >= 11 is 0. The van der Waals surface area contributed by atoms with E-state index in [0.717, 1.165) is 39.2 Å². The van der Waals surface area contributed by atoms with Crippen molar-refractivity contribution in [2.24, 2.45) is 7.05 Å². The van der Waals surface area contributed by atoms with Gasteiger partial charge in [0.15, 0.2) is 0 Å². The fraction of sp³-hybridized carbons (Fsp3) is 0.200. The summed E-state index contributed by atoms with van der Waals surface area (Å²) in [6.45, 7) is 10.9. The topological polar surface area (TPSA) is 50.9 Å². The number of hydrogen-bond donors (Lipinski definition) is 1. The number of aromatic nitrogens is 3. The quantitative estimate of drug-likeness (QED) is 0.188. The summed E-state index contributed by atoms with van der Waals surface area (Å²) < 4.78 is 1.99. The van der Waals surface area contributed by atoms with Crippen LogP contribution in [0.4, 0.5) is 0 Å². The maximum atomic E-state index is 9.86. The van der Waals surface area contributed by atoms with Gasteiger partial charge in [-0.15, -0.1) is 34.9 Å². The Labute approximate surface area is 250 Å². The molecule has 0 aliphatic rings. The normalized spacial score (nSPS) is 10.9. The van der Waals surface area contributed by atoms with Crippen LogP contribution in [0, 0.1) is 26.8 Å². The molecule has 6 rings (SSSR count). The number of hydrogen-bond acceptors (Lipinski definition) is 3. The van der Waals surface area contributed by atoms with Gasteiger partial charge in [-0.1, -0.05) is 64.1 Å². The molecular weight excluding hydrogens is 671 g/mol. The van der Waals surface area contributed by atoms with Gasteiger partial charge in [0.1, 0.15) is 11.6 Å². The third-order valence-electron chi connectivity index (χ3n) is 7.11. The number of phenolic OH excluding ortho intramolecular Hbond substituents is 1. The Morgan fingerprint density at radius 3 is 2.30 bits per heavy atom. The molecule has 0 unspecified atom stereocenters. The summed E-state index contributed by atoms with van der Waals surface area (Å²) in [6, 6.07) is 29.6. The van der Waals surface area contributed by atoms with Crippen LogP contribution in [-0.4, -0.2) is 19.6 Å². The third-order valence-corrected chi connectivity index (χ3v) is 7.11. The Morgan fingerprint density at radius 1 is 0.875 bits per heavy atom. The van der Waals surface area contributed by atoms with Gasteiger partial charge in [0.2, 0.25) is 0 Å². The van der Waals surface area contributed by atoms with E-state index < -0.39 is 0 Å². The van der Waals surface area contributed by atoms with E-state index in [1.807, 2.05) is 60.3 Å². The minimum atomic E-state index is 0. The summed E-state index contributed by atoms with van der Waals surface area (Å²) in [4.78, 5) is 9.19. The average Bonchev–Trinajstić information content (AvgIpc) is 3.24. The first-order valence-electron chi connectivity index (χ1n) is 13.3. The van der Waals surface area contributed by atoms with Crippen molar-refractivity contribution in [2.75, 3.05) is 0 Å². The second kappa shape index (κ2) is 12.2. The summed E-state index contributed by atoms with van der Waals surface area (Å²) in [6.07, 6.45) is 1.91. The molecule has 1 N–H and O–H groups in total. The van der Waals surface area contributed by atoms with E-state index in [1.54, 1.807) is 6.07 Å². The first-order valence-corrected chi connectivity index (χ1v) is 13.3. The molecule has 205 valence electrons. The van der Waals surface area contributed by atoms with Crippen LogP contribution in [0.5, 0.6) is 5.75 Å². The fourth-order valence-corrected chi connectivity index (χ4v) is 5.26. The van der Waals surface area contributed by atoms with Gasteiger partial charge in [-0.05, 0) is 70.8 Å². The summed E-state index contributed by atoms with van der Waals surface area (Å²) in [5, 5.41) is 12.3. The number of phenols is 1. The van der Waals surface area contributed by atoms with Crippen molar-refractivity contribution in [1.29, 1.82) is 0 Å². The Bertz CT molecular complexity index is 1780. The Balaban J connectivity index is 0.000000186. The van der Waals surface area contributed by atoms with Crippen molar-refractivity contribution in [3.8, 4) is 28.4 Å². The number of fused-ring (bicyclic) bond motifs is 2. The Morgan fingerprint density at radius 2 is 1.60 bits per heavy atom. The standard InChI is InChI=1S/C21H22N.C14H12N2O.Ir/c1-13(2)19-12-17-6-7-22-21(20(17)11-16(19)5)18-9-14(3)8-15(4)10-18;1-16-12-8-4-3-7-11(12)15-14(16)10-6-2-5-9-13(10)17;/h6-9,11-13H,1-5H3;2-9,17H,1H3;/q-1;;. The largest absolute Gasteiger partial charge is 0.507 e. The molecule has 0 saturated carbocycles. The van der Waals surface area contributed by atoms with E-state index in [9.17, 15) is 5.11 Å². The minimum Gasteiger partial charge on any atom is -0.507 e. The maximum absolute atomic E-state index is 9.86. The molecule has 1 radical (unpaired) electrons. The zero-order valence-electron chi connectivity index (χ0n) is 23.8. The number of rotatable bonds is 3. The van der Waals surface area contributed by atoms with Crippen LogP contribution < -0.4 is 0 Å². The van der Waals surface area contributed by atoms with Crippen LogP contribution in [-0.2, 0) is 27.2 Å². The van der Waals surface area contributed by atoms with Gasteiger partial charge in [-0.3, -0.25) is 0 Å². The second-order valence-electron chi connectivity index (χ2n) is 10.5. The van der Waals surface area contributed by atoms with Gasteiger partial charge < -0.3 is 14.7 Å². The number of aromatic hydroxyl groups is 1. The second-order valence-corrected chi connectivity index (χ2v) is 10.5. The minimum absolute atomic E-state index is 0. The van der Waals surface area contributed by atoms with Crippen molar-refractivity contribution < 1.29 is 25.2 Å². The van der Waals surface area contributed by atoms with E-state index in [2.05, 4.69) is 81.0 Å². The maximum Gasteiger partial charge on any atom is 0.144 e. The molecule has 0 saturated heterocycles. The molecule has 0 aliphatic carbocycles. The average molecular weight is 705 g/mol. The van der Waals surface area contributed by atoms with Crippen molar-refractivity contribution in [3.05, 3.63) is 113 Å². The zero-order valence-corrected chi connectivity index (χ0v) is 26.2. The summed E-state index contributed by atoms with van der Waals surface area (Å²) in [5.74, 6) is 1.57. The number of aryl methyl sites for hydroxylation is 4. The van der Waals surface area contributed by atoms with Gasteiger partial charge in [0, 0.05) is 33.3 Å². The van der Waals surface area contributed by atoms with E-state index in [1.165, 1.54) is 27.5 Å². The molecule has 0 aliphatic heterocycles. The van der Waals surface area contributed by atoms with Gasteiger partial charge >= 0.3 is 0 Å². The van der Waals surface area contributed by atoms with Crippen LogP contribution in [0.3, 0.4) is 0 Å². The number of benzene rings is 4. The molecular formula is C35H34IrN3O-. The Hall–Kier alpha value is -3.79. The van der Waals surface area contributed by atoms with Crippen molar-refractivity contribution >= 4 is 21.8 Å². The molecule has 2 aromatic heterocycles. The van der Waals surface area contributed by atoms with E-state index in [4.69, 9.17) is 0 Å². The predicted octanol–water partition coefficient (Wildman–Crippen LogP) is 8.69. The Kier molecular flexibility index (Phi) is 8.88. The van der Waals surface area contributed by atoms with Gasteiger partial charge in [0.25, 0.3) is 0 Å². The molecule has 0 atom stereocenters. The molecule has 0 bridgehead atoms. The van der Waals surface area contributed by atoms with E-state index in [0.29, 0.717) is 5.92 Å². The molecule has 0 fully saturated rings. The van der Waals surface area contributed by atoms with Crippen LogP contribution in [0.15, 0.2) is 85.1 Å². The van der Waals surface area contributed by atoms with Crippen molar-refractivity contribution in [3.63, 3.8) is 0 Å². The first-order chi connectivity index (χ1) is 18.7. The fourth-order valence-electron chi connectivity index (χ4n) is 5.26. The van der Waals surface area contributed by atoms with Crippen LogP contribution in [0.25, 0.3) is 44.5 Å². The molecule has 40 heavy (non-hydrogen) atoms. The third kappa shape index (κ3) is 5.86. The number of imidazole rings is 1. The van der Waals surface area contributed by atoms with Crippen LogP contribution >= 0.6 is 0 Å². The first kappa shape index (κ1) is 29.2. The monoisotopic (exact) mass is 705 g/mol. The molecule has 0 spiro atoms. The molecule has 0 amide bonds. The molecule has 6 aromatic rings. The van der Waals surface area contributed by atoms with Crippen LogP contribution in [0.2, 0.25) is 0 Å². The molecule has 2 heterocycles. The van der Waals surface area contributed by atoms with E-state index >= 15 is 0 Å². The van der Waals surface area contributed by atoms with Crippen molar-refractivity contribution in [1.82, 2.24) is 14.5 Å². The molecule has 4 aromatic carbocycles. The number of nitrogens with zero attached hydrogens (tertiary/aromatic N) is 3. The van der Waals surface area contributed by atoms with Gasteiger partial charge in [-0.2, -0.15) is 0 Å². The molecule has 5 heteroatoms. The van der Waals surface area contributed by atoms with E-state index in [-0.39, 0.29) is 25.9 Å². The molecule has 4 nitrogen and oxygen atoms in total. The predicted molar refractivity (Wildman–Crippen MR) is 162 cm³/mol.